The highest BCUT2D eigenvalue weighted by Gasteiger charge is 2.39. The van der Waals surface area contributed by atoms with Crippen molar-refractivity contribution in [2.75, 3.05) is 26.7 Å². The number of rotatable bonds is 8. The highest BCUT2D eigenvalue weighted by Crippen LogP contribution is 2.32. The molecule has 0 aliphatic heterocycles. The minimum atomic E-state index is -0.00953. The lowest BCUT2D eigenvalue weighted by molar-refractivity contribution is 0.146. The third kappa shape index (κ3) is 4.22. The normalized spacial score (nSPS) is 30.0. The van der Waals surface area contributed by atoms with Crippen molar-refractivity contribution in [1.82, 2.24) is 10.2 Å². The first kappa shape index (κ1) is 15.9. The van der Waals surface area contributed by atoms with Crippen LogP contribution in [-0.4, -0.2) is 48.3 Å². The minimum absolute atomic E-state index is 0.00953. The lowest BCUT2D eigenvalue weighted by atomic mass is 9.98. The summed E-state index contributed by atoms with van der Waals surface area (Å²) in [5.74, 6) is 0.766. The summed E-state index contributed by atoms with van der Waals surface area (Å²) in [4.78, 5) is 2.50. The first-order chi connectivity index (χ1) is 8.56. The number of aliphatic hydroxyl groups is 1. The van der Waals surface area contributed by atoms with Crippen molar-refractivity contribution in [2.45, 2.75) is 64.5 Å². The second-order valence-electron chi connectivity index (χ2n) is 6.21. The number of nitrogens with one attached hydrogen (secondary N) is 1. The first-order valence-corrected chi connectivity index (χ1v) is 7.63. The van der Waals surface area contributed by atoms with Gasteiger partial charge in [-0.1, -0.05) is 27.2 Å². The third-order valence-corrected chi connectivity index (χ3v) is 4.56. The van der Waals surface area contributed by atoms with Crippen molar-refractivity contribution in [3.8, 4) is 0 Å². The summed E-state index contributed by atoms with van der Waals surface area (Å²) in [6.45, 7) is 9.23. The van der Waals surface area contributed by atoms with Crippen LogP contribution < -0.4 is 5.32 Å². The molecule has 1 aliphatic carbocycles. The quantitative estimate of drug-likeness (QED) is 0.699. The Labute approximate surface area is 113 Å². The van der Waals surface area contributed by atoms with Crippen LogP contribution in [0.4, 0.5) is 0 Å². The van der Waals surface area contributed by atoms with Crippen LogP contribution in [0.25, 0.3) is 0 Å². The molecule has 108 valence electrons. The number of hydrogen-bond donors (Lipinski definition) is 2. The Morgan fingerprint density at radius 1 is 1.44 bits per heavy atom. The molecule has 0 aromatic heterocycles. The molecular formula is C15H32N2O. The van der Waals surface area contributed by atoms with Gasteiger partial charge < -0.3 is 15.3 Å². The van der Waals surface area contributed by atoms with Crippen LogP contribution in [0.1, 0.15) is 52.9 Å². The molecule has 3 heteroatoms. The van der Waals surface area contributed by atoms with Crippen molar-refractivity contribution in [2.24, 2.45) is 5.92 Å². The molecule has 0 aromatic rings. The van der Waals surface area contributed by atoms with Crippen LogP contribution in [0.5, 0.6) is 0 Å². The van der Waals surface area contributed by atoms with Crippen LogP contribution >= 0.6 is 0 Å². The summed E-state index contributed by atoms with van der Waals surface area (Å²) in [6, 6.07) is 0.635. The summed E-state index contributed by atoms with van der Waals surface area (Å²) in [5.41, 5.74) is -0.00953. The van der Waals surface area contributed by atoms with Crippen molar-refractivity contribution < 1.29 is 5.11 Å². The molecule has 0 radical (unpaired) electrons. The molecule has 1 rings (SSSR count). The lowest BCUT2D eigenvalue weighted by Crippen LogP contribution is -2.48. The number of nitrogens with zero attached hydrogens (tertiary/aromatic N) is 1. The van der Waals surface area contributed by atoms with E-state index in [0.717, 1.165) is 31.7 Å². The summed E-state index contributed by atoms with van der Waals surface area (Å²) in [5, 5.41) is 13.3. The summed E-state index contributed by atoms with van der Waals surface area (Å²) >= 11 is 0. The summed E-state index contributed by atoms with van der Waals surface area (Å²) in [6.07, 6.45) is 5.80. The zero-order chi connectivity index (χ0) is 13.6. The average Bonchev–Trinajstić information content (AvgIpc) is 2.81. The fraction of sp³-hybridized carbons (Fsp3) is 1.00. The van der Waals surface area contributed by atoms with E-state index in [0.29, 0.717) is 6.04 Å². The van der Waals surface area contributed by atoms with E-state index < -0.39 is 0 Å². The molecule has 1 aliphatic rings. The Morgan fingerprint density at radius 2 is 2.17 bits per heavy atom. The maximum absolute atomic E-state index is 9.69. The van der Waals surface area contributed by atoms with E-state index in [-0.39, 0.29) is 12.1 Å². The zero-order valence-electron chi connectivity index (χ0n) is 12.7. The van der Waals surface area contributed by atoms with E-state index in [2.05, 4.69) is 38.0 Å². The molecule has 0 spiro atoms. The van der Waals surface area contributed by atoms with Crippen molar-refractivity contribution in [3.63, 3.8) is 0 Å². The van der Waals surface area contributed by atoms with Gasteiger partial charge in [0.1, 0.15) is 0 Å². The largest absolute Gasteiger partial charge is 0.394 e. The Bertz CT molecular complexity index is 235. The molecular weight excluding hydrogens is 224 g/mol. The predicted molar refractivity (Wildman–Crippen MR) is 77.8 cm³/mol. The minimum Gasteiger partial charge on any atom is -0.394 e. The van der Waals surface area contributed by atoms with Gasteiger partial charge >= 0.3 is 0 Å². The Kier molecular flexibility index (Phi) is 6.61. The molecule has 0 amide bonds. The van der Waals surface area contributed by atoms with Gasteiger partial charge in [-0.15, -0.1) is 0 Å². The Balaban J connectivity index is 2.47. The summed E-state index contributed by atoms with van der Waals surface area (Å²) < 4.78 is 0. The third-order valence-electron chi connectivity index (χ3n) is 4.56. The second kappa shape index (κ2) is 7.46. The molecule has 3 unspecified atom stereocenters. The van der Waals surface area contributed by atoms with Gasteiger partial charge in [0.2, 0.25) is 0 Å². The van der Waals surface area contributed by atoms with Crippen molar-refractivity contribution >= 4 is 0 Å². The maximum Gasteiger partial charge on any atom is 0.0613 e. The number of hydrogen-bond acceptors (Lipinski definition) is 3. The van der Waals surface area contributed by atoms with E-state index in [1.165, 1.54) is 19.4 Å². The first-order valence-electron chi connectivity index (χ1n) is 7.63. The average molecular weight is 256 g/mol. The van der Waals surface area contributed by atoms with E-state index >= 15 is 0 Å². The van der Waals surface area contributed by atoms with Crippen molar-refractivity contribution in [3.05, 3.63) is 0 Å². The highest BCUT2D eigenvalue weighted by molar-refractivity contribution is 4.99. The standard InChI is InChI=1S/C15H32N2O/c1-5-9-16-15(12-18)8-7-14(10-15)17(4)11-13(3)6-2/h13-14,16,18H,5-12H2,1-4H3. The van der Waals surface area contributed by atoms with E-state index in [4.69, 9.17) is 0 Å². The molecule has 3 nitrogen and oxygen atoms in total. The molecule has 0 bridgehead atoms. The molecule has 18 heavy (non-hydrogen) atoms. The topological polar surface area (TPSA) is 35.5 Å². The summed E-state index contributed by atoms with van der Waals surface area (Å²) in [7, 11) is 2.24. The lowest BCUT2D eigenvalue weighted by Gasteiger charge is -2.31. The van der Waals surface area contributed by atoms with Crippen LogP contribution in [0, 0.1) is 5.92 Å². The highest BCUT2D eigenvalue weighted by atomic mass is 16.3. The molecule has 1 saturated carbocycles. The van der Waals surface area contributed by atoms with E-state index in [9.17, 15) is 5.11 Å². The molecule has 0 saturated heterocycles. The monoisotopic (exact) mass is 256 g/mol. The van der Waals surface area contributed by atoms with Gasteiger partial charge in [-0.2, -0.15) is 0 Å². The Morgan fingerprint density at radius 3 is 2.72 bits per heavy atom. The second-order valence-corrected chi connectivity index (χ2v) is 6.21. The smallest absolute Gasteiger partial charge is 0.0613 e. The van der Waals surface area contributed by atoms with Gasteiger partial charge in [0.05, 0.1) is 6.61 Å². The molecule has 2 N–H and O–H groups in total. The fourth-order valence-corrected chi connectivity index (χ4v) is 2.99. The van der Waals surface area contributed by atoms with Gasteiger partial charge in [-0.25, -0.2) is 0 Å². The molecule has 0 aromatic carbocycles. The van der Waals surface area contributed by atoms with Crippen LogP contribution in [0.3, 0.4) is 0 Å². The zero-order valence-corrected chi connectivity index (χ0v) is 12.7. The maximum atomic E-state index is 9.69. The van der Waals surface area contributed by atoms with Gasteiger partial charge in [-0.3, -0.25) is 0 Å². The van der Waals surface area contributed by atoms with Crippen LogP contribution in [0.15, 0.2) is 0 Å². The van der Waals surface area contributed by atoms with Gasteiger partial charge in [-0.05, 0) is 45.2 Å². The van der Waals surface area contributed by atoms with Gasteiger partial charge in [0.25, 0.3) is 0 Å². The Hall–Kier alpha value is -0.120. The van der Waals surface area contributed by atoms with E-state index in [1.807, 2.05) is 0 Å². The van der Waals surface area contributed by atoms with Crippen molar-refractivity contribution in [1.29, 1.82) is 0 Å². The molecule has 0 heterocycles. The fourth-order valence-electron chi connectivity index (χ4n) is 2.99. The van der Waals surface area contributed by atoms with E-state index in [1.54, 1.807) is 0 Å². The van der Waals surface area contributed by atoms with Gasteiger partial charge in [0.15, 0.2) is 0 Å². The predicted octanol–water partition coefficient (Wildman–Crippen LogP) is 2.25. The molecule has 3 atom stereocenters. The molecule has 1 fully saturated rings. The number of aliphatic hydroxyl groups excluding tert-OH is 1. The van der Waals surface area contributed by atoms with Crippen LogP contribution in [-0.2, 0) is 0 Å². The van der Waals surface area contributed by atoms with Gasteiger partial charge in [0, 0.05) is 18.1 Å². The van der Waals surface area contributed by atoms with Crippen LogP contribution in [0.2, 0.25) is 0 Å². The SMILES string of the molecule is CCCNC1(CO)CCC(N(C)CC(C)CC)C1.